The van der Waals surface area contributed by atoms with E-state index in [1.165, 1.54) is 0 Å². The number of rotatable bonds is 2. The molecule has 0 unspecified atom stereocenters. The second-order valence-electron chi connectivity index (χ2n) is 7.73. The van der Waals surface area contributed by atoms with Crippen LogP contribution in [-0.2, 0) is 0 Å². The summed E-state index contributed by atoms with van der Waals surface area (Å²) in [5, 5.41) is 7.69. The third-order valence-electron chi connectivity index (χ3n) is 4.28. The maximum absolute atomic E-state index is 12.7. The Balaban J connectivity index is 1.84. The lowest BCUT2D eigenvalue weighted by Crippen LogP contribution is -2.62. The van der Waals surface area contributed by atoms with Crippen LogP contribution in [0, 0.1) is 0 Å². The van der Waals surface area contributed by atoms with Gasteiger partial charge in [-0.15, -0.1) is 0 Å². The number of pyridine rings is 2. The van der Waals surface area contributed by atoms with E-state index in [0.717, 1.165) is 18.2 Å². The standard InChI is InChI=1S/C18H24N4O/c1-17(2)8-13(9-18(3,4)22-17)21-16(23)14-11-19-10-12-6-5-7-20-15(12)14/h5-7,10-11,13,22H,8-9H2,1-4H3,(H,21,23). The molecular weight excluding hydrogens is 288 g/mol. The summed E-state index contributed by atoms with van der Waals surface area (Å²) < 4.78 is 0. The summed E-state index contributed by atoms with van der Waals surface area (Å²) in [6, 6.07) is 3.90. The molecule has 0 spiro atoms. The smallest absolute Gasteiger partial charge is 0.255 e. The second kappa shape index (κ2) is 5.57. The number of nitrogens with zero attached hydrogens (tertiary/aromatic N) is 2. The molecule has 0 radical (unpaired) electrons. The molecule has 2 aromatic rings. The van der Waals surface area contributed by atoms with Crippen LogP contribution >= 0.6 is 0 Å². The Labute approximate surface area is 136 Å². The fraction of sp³-hybridized carbons (Fsp3) is 0.500. The molecule has 5 nitrogen and oxygen atoms in total. The van der Waals surface area contributed by atoms with E-state index < -0.39 is 0 Å². The molecule has 0 atom stereocenters. The SMILES string of the molecule is CC1(C)CC(NC(=O)c2cncc3cccnc23)CC(C)(C)N1. The van der Waals surface area contributed by atoms with Gasteiger partial charge in [0.05, 0.1) is 11.1 Å². The zero-order valence-electron chi connectivity index (χ0n) is 14.2. The number of amides is 1. The number of carbonyl (C=O) groups excluding carboxylic acids is 1. The zero-order valence-corrected chi connectivity index (χ0v) is 14.2. The van der Waals surface area contributed by atoms with Crippen LogP contribution in [0.3, 0.4) is 0 Å². The second-order valence-corrected chi connectivity index (χ2v) is 7.73. The third kappa shape index (κ3) is 3.50. The average Bonchev–Trinajstić information content (AvgIpc) is 2.43. The Bertz CT molecular complexity index is 717. The highest BCUT2D eigenvalue weighted by molar-refractivity contribution is 6.04. The van der Waals surface area contributed by atoms with Crippen molar-refractivity contribution in [3.05, 3.63) is 36.3 Å². The van der Waals surface area contributed by atoms with Crippen LogP contribution in [-0.4, -0.2) is 33.0 Å². The summed E-state index contributed by atoms with van der Waals surface area (Å²) >= 11 is 0. The Morgan fingerprint density at radius 1 is 1.22 bits per heavy atom. The normalized spacial score (nSPS) is 20.3. The molecule has 122 valence electrons. The molecule has 1 aliphatic heterocycles. The lowest BCUT2D eigenvalue weighted by atomic mass is 9.79. The van der Waals surface area contributed by atoms with Crippen LogP contribution in [0.1, 0.15) is 50.9 Å². The number of carbonyl (C=O) groups is 1. The van der Waals surface area contributed by atoms with E-state index in [1.807, 2.05) is 12.1 Å². The molecule has 3 heterocycles. The quantitative estimate of drug-likeness (QED) is 0.894. The van der Waals surface area contributed by atoms with Gasteiger partial charge in [-0.2, -0.15) is 0 Å². The number of fused-ring (bicyclic) bond motifs is 1. The van der Waals surface area contributed by atoms with Gasteiger partial charge in [-0.05, 0) is 52.7 Å². The van der Waals surface area contributed by atoms with Crippen molar-refractivity contribution >= 4 is 16.8 Å². The molecule has 1 aliphatic rings. The lowest BCUT2D eigenvalue weighted by Gasteiger charge is -2.46. The fourth-order valence-corrected chi connectivity index (χ4v) is 3.85. The highest BCUT2D eigenvalue weighted by Gasteiger charge is 2.38. The Kier molecular flexibility index (Phi) is 3.84. The Morgan fingerprint density at radius 3 is 2.61 bits per heavy atom. The van der Waals surface area contributed by atoms with Gasteiger partial charge in [-0.3, -0.25) is 14.8 Å². The van der Waals surface area contributed by atoms with Crippen LogP contribution in [0.15, 0.2) is 30.7 Å². The predicted octanol–water partition coefficient (Wildman–Crippen LogP) is 2.67. The lowest BCUT2D eigenvalue weighted by molar-refractivity contribution is 0.0874. The minimum atomic E-state index is -0.0969. The van der Waals surface area contributed by atoms with Crippen LogP contribution in [0.5, 0.6) is 0 Å². The molecule has 0 aliphatic carbocycles. The van der Waals surface area contributed by atoms with Crippen LogP contribution in [0.2, 0.25) is 0 Å². The first-order chi connectivity index (χ1) is 10.8. The molecule has 0 aromatic carbocycles. The highest BCUT2D eigenvalue weighted by atomic mass is 16.1. The van der Waals surface area contributed by atoms with Gasteiger partial charge in [-0.1, -0.05) is 0 Å². The van der Waals surface area contributed by atoms with E-state index in [4.69, 9.17) is 0 Å². The minimum absolute atomic E-state index is 0.00501. The number of piperidine rings is 1. The van der Waals surface area contributed by atoms with E-state index in [1.54, 1.807) is 18.6 Å². The molecule has 2 aromatic heterocycles. The minimum Gasteiger partial charge on any atom is -0.349 e. The molecule has 0 bridgehead atoms. The van der Waals surface area contributed by atoms with Gasteiger partial charge in [-0.25, -0.2) is 0 Å². The monoisotopic (exact) mass is 312 g/mol. The van der Waals surface area contributed by atoms with Crippen molar-refractivity contribution in [2.45, 2.75) is 57.7 Å². The largest absolute Gasteiger partial charge is 0.349 e. The van der Waals surface area contributed by atoms with Crippen LogP contribution in [0.4, 0.5) is 0 Å². The molecule has 2 N–H and O–H groups in total. The van der Waals surface area contributed by atoms with E-state index >= 15 is 0 Å². The van der Waals surface area contributed by atoms with Crippen molar-refractivity contribution in [3.63, 3.8) is 0 Å². The molecule has 1 amide bonds. The maximum atomic E-state index is 12.7. The van der Waals surface area contributed by atoms with Crippen molar-refractivity contribution in [2.75, 3.05) is 0 Å². The van der Waals surface area contributed by atoms with Crippen LogP contribution in [0.25, 0.3) is 10.9 Å². The molecule has 5 heteroatoms. The molecular formula is C18H24N4O. The first-order valence-corrected chi connectivity index (χ1v) is 8.05. The highest BCUT2D eigenvalue weighted by Crippen LogP contribution is 2.28. The zero-order chi connectivity index (χ0) is 16.7. The fourth-order valence-electron chi connectivity index (χ4n) is 3.85. The molecule has 3 rings (SSSR count). The van der Waals surface area contributed by atoms with Gasteiger partial charge in [0.2, 0.25) is 0 Å². The molecule has 1 fully saturated rings. The van der Waals surface area contributed by atoms with Gasteiger partial charge in [0.25, 0.3) is 5.91 Å². The van der Waals surface area contributed by atoms with E-state index in [2.05, 4.69) is 48.3 Å². The predicted molar refractivity (Wildman–Crippen MR) is 91.3 cm³/mol. The Hall–Kier alpha value is -2.01. The van der Waals surface area contributed by atoms with E-state index in [-0.39, 0.29) is 23.0 Å². The summed E-state index contributed by atoms with van der Waals surface area (Å²) in [6.07, 6.45) is 6.83. The Morgan fingerprint density at radius 2 is 1.91 bits per heavy atom. The van der Waals surface area contributed by atoms with Gasteiger partial charge in [0.1, 0.15) is 0 Å². The number of hydrogen-bond donors (Lipinski definition) is 2. The van der Waals surface area contributed by atoms with Crippen molar-refractivity contribution in [2.24, 2.45) is 0 Å². The van der Waals surface area contributed by atoms with Crippen molar-refractivity contribution in [1.82, 2.24) is 20.6 Å². The first-order valence-electron chi connectivity index (χ1n) is 8.05. The summed E-state index contributed by atoms with van der Waals surface area (Å²) in [4.78, 5) is 21.2. The first kappa shape index (κ1) is 15.9. The van der Waals surface area contributed by atoms with Crippen molar-refractivity contribution in [3.8, 4) is 0 Å². The summed E-state index contributed by atoms with van der Waals surface area (Å²) in [6.45, 7) is 8.70. The summed E-state index contributed by atoms with van der Waals surface area (Å²) in [5.41, 5.74) is 1.23. The van der Waals surface area contributed by atoms with Gasteiger partial charge >= 0.3 is 0 Å². The van der Waals surface area contributed by atoms with E-state index in [9.17, 15) is 4.79 Å². The summed E-state index contributed by atoms with van der Waals surface area (Å²) in [7, 11) is 0. The molecule has 1 saturated heterocycles. The topological polar surface area (TPSA) is 66.9 Å². The number of hydrogen-bond acceptors (Lipinski definition) is 4. The average molecular weight is 312 g/mol. The van der Waals surface area contributed by atoms with E-state index in [0.29, 0.717) is 11.1 Å². The van der Waals surface area contributed by atoms with Crippen molar-refractivity contribution in [1.29, 1.82) is 0 Å². The summed E-state index contributed by atoms with van der Waals surface area (Å²) in [5.74, 6) is -0.0969. The maximum Gasteiger partial charge on any atom is 0.255 e. The molecule has 23 heavy (non-hydrogen) atoms. The number of aromatic nitrogens is 2. The van der Waals surface area contributed by atoms with Crippen LogP contribution < -0.4 is 10.6 Å². The van der Waals surface area contributed by atoms with Crippen molar-refractivity contribution < 1.29 is 4.79 Å². The number of nitrogens with one attached hydrogen (secondary N) is 2. The van der Waals surface area contributed by atoms with Gasteiger partial charge < -0.3 is 10.6 Å². The molecule has 0 saturated carbocycles. The van der Waals surface area contributed by atoms with Gasteiger partial charge in [0, 0.05) is 41.1 Å². The van der Waals surface area contributed by atoms with Gasteiger partial charge in [0.15, 0.2) is 0 Å². The third-order valence-corrected chi connectivity index (χ3v) is 4.28.